The van der Waals surface area contributed by atoms with E-state index in [4.69, 9.17) is 0 Å². The molecule has 1 aliphatic heterocycles. The van der Waals surface area contributed by atoms with Gasteiger partial charge in [-0.3, -0.25) is 0 Å². The van der Waals surface area contributed by atoms with Gasteiger partial charge in [-0.25, -0.2) is 0 Å². The average Bonchev–Trinajstić information content (AvgIpc) is 2.15. The SMILES string of the molecule is CC(C)C1(C)C=CN=NC=C1. The summed E-state index contributed by atoms with van der Waals surface area (Å²) in [5.74, 6) is 0.582. The fourth-order valence-electron chi connectivity index (χ4n) is 0.905. The van der Waals surface area contributed by atoms with Gasteiger partial charge in [0.05, 0.1) is 0 Å². The predicted octanol–water partition coefficient (Wildman–Crippen LogP) is 3.14. The van der Waals surface area contributed by atoms with Gasteiger partial charge in [0, 0.05) is 17.8 Å². The molecule has 0 aromatic rings. The van der Waals surface area contributed by atoms with Crippen LogP contribution in [0.15, 0.2) is 34.8 Å². The van der Waals surface area contributed by atoms with Crippen molar-refractivity contribution in [1.29, 1.82) is 0 Å². The van der Waals surface area contributed by atoms with Gasteiger partial charge < -0.3 is 0 Å². The van der Waals surface area contributed by atoms with E-state index in [1.54, 1.807) is 12.4 Å². The van der Waals surface area contributed by atoms with Crippen LogP contribution >= 0.6 is 0 Å². The molecule has 0 saturated carbocycles. The van der Waals surface area contributed by atoms with Crippen molar-refractivity contribution in [3.8, 4) is 0 Å². The second-order valence-electron chi connectivity index (χ2n) is 3.38. The molecule has 1 aliphatic rings. The van der Waals surface area contributed by atoms with E-state index in [0.29, 0.717) is 5.92 Å². The molecule has 0 aliphatic carbocycles. The Bertz CT molecular complexity index is 196. The van der Waals surface area contributed by atoms with Crippen LogP contribution in [0.2, 0.25) is 0 Å². The summed E-state index contributed by atoms with van der Waals surface area (Å²) in [7, 11) is 0. The zero-order valence-electron chi connectivity index (χ0n) is 7.28. The van der Waals surface area contributed by atoms with Crippen molar-refractivity contribution in [2.24, 2.45) is 21.6 Å². The van der Waals surface area contributed by atoms with Gasteiger partial charge in [0.25, 0.3) is 0 Å². The Labute approximate surface area is 67.7 Å². The summed E-state index contributed by atoms with van der Waals surface area (Å²) in [4.78, 5) is 0. The number of rotatable bonds is 1. The van der Waals surface area contributed by atoms with Crippen LogP contribution in [-0.2, 0) is 0 Å². The Morgan fingerprint density at radius 2 is 1.55 bits per heavy atom. The van der Waals surface area contributed by atoms with Crippen LogP contribution in [0.25, 0.3) is 0 Å². The highest BCUT2D eigenvalue weighted by molar-refractivity contribution is 5.11. The lowest BCUT2D eigenvalue weighted by Gasteiger charge is -2.25. The molecule has 0 aromatic carbocycles. The molecule has 0 N–H and O–H groups in total. The first-order valence-corrected chi connectivity index (χ1v) is 3.90. The lowest BCUT2D eigenvalue weighted by atomic mass is 9.79. The van der Waals surface area contributed by atoms with Gasteiger partial charge in [0.15, 0.2) is 0 Å². The predicted molar refractivity (Wildman–Crippen MR) is 46.1 cm³/mol. The van der Waals surface area contributed by atoms with Gasteiger partial charge in [-0.15, -0.1) is 0 Å². The van der Waals surface area contributed by atoms with Crippen molar-refractivity contribution in [2.75, 3.05) is 0 Å². The van der Waals surface area contributed by atoms with Crippen molar-refractivity contribution in [1.82, 2.24) is 0 Å². The summed E-state index contributed by atoms with van der Waals surface area (Å²) in [6, 6.07) is 0. The normalized spacial score (nSPS) is 20.7. The van der Waals surface area contributed by atoms with Gasteiger partial charge >= 0.3 is 0 Å². The first-order valence-electron chi connectivity index (χ1n) is 3.90. The molecule has 0 saturated heterocycles. The van der Waals surface area contributed by atoms with E-state index >= 15 is 0 Å². The van der Waals surface area contributed by atoms with E-state index < -0.39 is 0 Å². The second kappa shape index (κ2) is 2.99. The fraction of sp³-hybridized carbons (Fsp3) is 0.556. The van der Waals surface area contributed by atoms with Crippen LogP contribution in [0.4, 0.5) is 0 Å². The minimum atomic E-state index is 0.115. The van der Waals surface area contributed by atoms with Gasteiger partial charge in [-0.1, -0.05) is 32.9 Å². The van der Waals surface area contributed by atoms with E-state index in [0.717, 1.165) is 0 Å². The van der Waals surface area contributed by atoms with Crippen LogP contribution in [0, 0.1) is 11.3 Å². The third-order valence-electron chi connectivity index (χ3n) is 2.31. The summed E-state index contributed by atoms with van der Waals surface area (Å²) < 4.78 is 0. The fourth-order valence-corrected chi connectivity index (χ4v) is 0.905. The molecule has 2 heteroatoms. The number of hydrogen-bond donors (Lipinski definition) is 0. The van der Waals surface area contributed by atoms with Crippen LogP contribution in [0.3, 0.4) is 0 Å². The van der Waals surface area contributed by atoms with E-state index in [1.807, 2.05) is 0 Å². The maximum absolute atomic E-state index is 3.81. The molecule has 1 rings (SSSR count). The summed E-state index contributed by atoms with van der Waals surface area (Å²) in [5.41, 5.74) is 0.115. The number of hydrogen-bond acceptors (Lipinski definition) is 2. The van der Waals surface area contributed by atoms with Crippen molar-refractivity contribution in [3.63, 3.8) is 0 Å². The van der Waals surface area contributed by atoms with Crippen LogP contribution in [0.5, 0.6) is 0 Å². The third-order valence-corrected chi connectivity index (χ3v) is 2.31. The lowest BCUT2D eigenvalue weighted by Crippen LogP contribution is -2.17. The summed E-state index contributed by atoms with van der Waals surface area (Å²) in [6.07, 6.45) is 7.70. The van der Waals surface area contributed by atoms with Crippen molar-refractivity contribution in [3.05, 3.63) is 24.6 Å². The van der Waals surface area contributed by atoms with Crippen molar-refractivity contribution in [2.45, 2.75) is 20.8 Å². The summed E-state index contributed by atoms with van der Waals surface area (Å²) >= 11 is 0. The molecular formula is C9H14N2. The zero-order chi connectivity index (χ0) is 8.32. The molecular weight excluding hydrogens is 136 g/mol. The topological polar surface area (TPSA) is 24.7 Å². The molecule has 60 valence electrons. The largest absolute Gasteiger partial charge is 0.159 e. The Morgan fingerprint density at radius 3 is 1.91 bits per heavy atom. The number of nitrogens with zero attached hydrogens (tertiary/aromatic N) is 2. The summed E-state index contributed by atoms with van der Waals surface area (Å²) in [6.45, 7) is 6.57. The van der Waals surface area contributed by atoms with E-state index in [2.05, 4.69) is 43.2 Å². The highest BCUT2D eigenvalue weighted by Crippen LogP contribution is 2.31. The first-order chi connectivity index (χ1) is 5.15. The lowest BCUT2D eigenvalue weighted by molar-refractivity contribution is 0.383. The van der Waals surface area contributed by atoms with Gasteiger partial charge in [-0.2, -0.15) is 10.2 Å². The number of azo groups is 1. The molecule has 1 heterocycles. The van der Waals surface area contributed by atoms with Crippen LogP contribution in [-0.4, -0.2) is 0 Å². The second-order valence-corrected chi connectivity index (χ2v) is 3.38. The molecule has 0 fully saturated rings. The Morgan fingerprint density at radius 1 is 1.09 bits per heavy atom. The molecule has 11 heavy (non-hydrogen) atoms. The molecule has 0 spiro atoms. The standard InChI is InChI=1S/C9H14N2/c1-8(2)9(3)4-6-10-11-7-5-9/h4-8H,1-3H3. The quantitative estimate of drug-likeness (QED) is 0.548. The maximum Gasteiger partial charge on any atom is 0.0464 e. The Balaban J connectivity index is 2.87. The average molecular weight is 150 g/mol. The molecule has 0 bridgehead atoms. The minimum Gasteiger partial charge on any atom is -0.159 e. The van der Waals surface area contributed by atoms with Crippen molar-refractivity contribution < 1.29 is 0 Å². The maximum atomic E-state index is 3.81. The zero-order valence-corrected chi connectivity index (χ0v) is 7.28. The van der Waals surface area contributed by atoms with Crippen LogP contribution < -0.4 is 0 Å². The highest BCUT2D eigenvalue weighted by Gasteiger charge is 2.22. The molecule has 0 aromatic heterocycles. The van der Waals surface area contributed by atoms with E-state index in [-0.39, 0.29) is 5.41 Å². The number of allylic oxidation sites excluding steroid dienone is 2. The third kappa shape index (κ3) is 1.76. The van der Waals surface area contributed by atoms with E-state index in [1.165, 1.54) is 0 Å². The Hall–Kier alpha value is -0.920. The minimum absolute atomic E-state index is 0.115. The molecule has 0 atom stereocenters. The molecule has 0 unspecified atom stereocenters. The van der Waals surface area contributed by atoms with Crippen LogP contribution in [0.1, 0.15) is 20.8 Å². The molecule has 0 radical (unpaired) electrons. The highest BCUT2D eigenvalue weighted by atomic mass is 15.1. The van der Waals surface area contributed by atoms with Gasteiger partial charge in [0.1, 0.15) is 0 Å². The Kier molecular flexibility index (Phi) is 2.22. The van der Waals surface area contributed by atoms with Crippen molar-refractivity contribution >= 4 is 0 Å². The molecule has 2 nitrogen and oxygen atoms in total. The first kappa shape index (κ1) is 8.18. The van der Waals surface area contributed by atoms with Gasteiger partial charge in [-0.05, 0) is 5.92 Å². The van der Waals surface area contributed by atoms with E-state index in [9.17, 15) is 0 Å². The smallest absolute Gasteiger partial charge is 0.0464 e. The summed E-state index contributed by atoms with van der Waals surface area (Å²) in [5, 5.41) is 7.61. The molecule has 0 amide bonds. The van der Waals surface area contributed by atoms with Gasteiger partial charge in [0.2, 0.25) is 0 Å². The monoisotopic (exact) mass is 150 g/mol.